The molecule has 0 unspecified atom stereocenters. The predicted molar refractivity (Wildman–Crippen MR) is 91.1 cm³/mol. The normalized spacial score (nSPS) is 16.4. The van der Waals surface area contributed by atoms with Crippen molar-refractivity contribution in [3.05, 3.63) is 29.7 Å². The summed E-state index contributed by atoms with van der Waals surface area (Å²) in [6.07, 6.45) is 6.59. The number of carbonyl (C=O) groups is 1. The number of anilines is 1. The molecule has 2 rings (SSSR count). The largest absolute Gasteiger partial charge is 0.329 e. The number of unbranched alkanes of at least 4 members (excludes halogenated alkanes) is 1. The molecule has 0 fully saturated rings. The van der Waals surface area contributed by atoms with Crippen molar-refractivity contribution < 1.29 is 4.79 Å². The van der Waals surface area contributed by atoms with Crippen LogP contribution in [0.25, 0.3) is 5.70 Å². The first-order valence-electron chi connectivity index (χ1n) is 7.69. The Morgan fingerprint density at radius 3 is 2.68 bits per heavy atom. The Labute approximate surface area is 136 Å². The van der Waals surface area contributed by atoms with Gasteiger partial charge in [-0.1, -0.05) is 32.4 Å². The lowest BCUT2D eigenvalue weighted by Crippen LogP contribution is -2.45. The second kappa shape index (κ2) is 7.01. The first kappa shape index (κ1) is 16.6. The Balaban J connectivity index is 2.61. The average Bonchev–Trinajstić information content (AvgIpc) is 2.81. The molecule has 0 atom stereocenters. The molecule has 1 aromatic heterocycles. The van der Waals surface area contributed by atoms with Gasteiger partial charge >= 0.3 is 6.03 Å². The van der Waals surface area contributed by atoms with Gasteiger partial charge in [-0.15, -0.1) is 6.58 Å². The van der Waals surface area contributed by atoms with E-state index in [1.165, 1.54) is 0 Å². The topological polar surface area (TPSA) is 41.4 Å². The maximum Gasteiger partial charge on any atom is 0.329 e. The third-order valence-corrected chi connectivity index (χ3v) is 4.01. The van der Waals surface area contributed by atoms with Gasteiger partial charge in [0.25, 0.3) is 0 Å². The Hall–Kier alpha value is -1.75. The summed E-state index contributed by atoms with van der Waals surface area (Å²) >= 11 is 6.29. The number of amides is 2. The van der Waals surface area contributed by atoms with Gasteiger partial charge in [-0.05, 0) is 24.4 Å². The zero-order chi connectivity index (χ0) is 16.3. The number of nitrogens with zero attached hydrogens (tertiary/aromatic N) is 4. The van der Waals surface area contributed by atoms with Crippen molar-refractivity contribution >= 4 is 29.1 Å². The second-order valence-electron chi connectivity index (χ2n) is 5.30. The summed E-state index contributed by atoms with van der Waals surface area (Å²) < 4.78 is 1.90. The van der Waals surface area contributed by atoms with Crippen molar-refractivity contribution in [1.82, 2.24) is 14.5 Å². The van der Waals surface area contributed by atoms with Gasteiger partial charge in [-0.3, -0.25) is 9.80 Å². The van der Waals surface area contributed by atoms with E-state index in [1.54, 1.807) is 22.9 Å². The smallest absolute Gasteiger partial charge is 0.308 e. The SMILES string of the molecule is C=CCn1c(Cl)nc2c1/C(=C/CC)N(C)C(=O)N2CCCC. The highest BCUT2D eigenvalue weighted by Gasteiger charge is 2.36. The molecule has 6 heteroatoms. The third-order valence-electron chi connectivity index (χ3n) is 3.72. The number of imidazole rings is 1. The summed E-state index contributed by atoms with van der Waals surface area (Å²) in [4.78, 5) is 20.5. The van der Waals surface area contributed by atoms with Gasteiger partial charge < -0.3 is 4.57 Å². The second-order valence-corrected chi connectivity index (χ2v) is 5.63. The number of hydrogen-bond acceptors (Lipinski definition) is 2. The highest BCUT2D eigenvalue weighted by Crippen LogP contribution is 2.37. The number of allylic oxidation sites excluding steroid dienone is 2. The van der Waals surface area contributed by atoms with Gasteiger partial charge in [0.05, 0.1) is 5.70 Å². The van der Waals surface area contributed by atoms with E-state index >= 15 is 0 Å². The molecule has 5 nitrogen and oxygen atoms in total. The standard InChI is InChI=1S/C16H23ClN4O/c1-5-8-11-21-14-13(20(10-7-3)15(17)18-14)12(9-6-2)19(4)16(21)22/h7,9H,3,5-6,8,10-11H2,1-2,4H3/b12-9-. The fourth-order valence-corrected chi connectivity index (χ4v) is 2.86. The molecular weight excluding hydrogens is 300 g/mol. The summed E-state index contributed by atoms with van der Waals surface area (Å²) in [5, 5.41) is 0.386. The molecule has 1 aliphatic heterocycles. The minimum absolute atomic E-state index is 0.0550. The molecule has 0 radical (unpaired) electrons. The van der Waals surface area contributed by atoms with Crippen molar-refractivity contribution in [3.63, 3.8) is 0 Å². The maximum atomic E-state index is 12.7. The average molecular weight is 323 g/mol. The van der Waals surface area contributed by atoms with Crippen LogP contribution in [0.5, 0.6) is 0 Å². The summed E-state index contributed by atoms with van der Waals surface area (Å²) in [5.74, 6) is 0.656. The molecule has 1 aliphatic rings. The molecule has 0 N–H and O–H groups in total. The highest BCUT2D eigenvalue weighted by molar-refractivity contribution is 6.29. The lowest BCUT2D eigenvalue weighted by molar-refractivity contribution is 0.229. The van der Waals surface area contributed by atoms with Gasteiger partial charge in [-0.25, -0.2) is 4.79 Å². The van der Waals surface area contributed by atoms with Crippen LogP contribution in [0.4, 0.5) is 10.6 Å². The number of hydrogen-bond donors (Lipinski definition) is 0. The Morgan fingerprint density at radius 1 is 1.36 bits per heavy atom. The minimum atomic E-state index is -0.0550. The first-order chi connectivity index (χ1) is 10.6. The molecule has 1 aromatic rings. The van der Waals surface area contributed by atoms with Crippen molar-refractivity contribution in [2.24, 2.45) is 0 Å². The molecule has 0 saturated heterocycles. The van der Waals surface area contributed by atoms with Crippen LogP contribution in [0.3, 0.4) is 0 Å². The van der Waals surface area contributed by atoms with Crippen molar-refractivity contribution in [2.75, 3.05) is 18.5 Å². The molecule has 0 saturated carbocycles. The van der Waals surface area contributed by atoms with Crippen molar-refractivity contribution in [1.29, 1.82) is 0 Å². The molecule has 22 heavy (non-hydrogen) atoms. The number of aromatic nitrogens is 2. The van der Waals surface area contributed by atoms with Crippen LogP contribution >= 0.6 is 11.6 Å². The molecule has 0 bridgehead atoms. The Bertz CT molecular complexity index is 606. The van der Waals surface area contributed by atoms with Crippen molar-refractivity contribution in [3.8, 4) is 0 Å². The van der Waals surface area contributed by atoms with Crippen LogP contribution in [0.1, 0.15) is 38.8 Å². The van der Waals surface area contributed by atoms with Gasteiger partial charge in [0.15, 0.2) is 5.82 Å². The zero-order valence-corrected chi connectivity index (χ0v) is 14.2. The summed E-state index contributed by atoms with van der Waals surface area (Å²) in [6, 6.07) is -0.0550. The molecule has 2 amide bonds. The van der Waals surface area contributed by atoms with Crippen LogP contribution in [-0.2, 0) is 6.54 Å². The van der Waals surface area contributed by atoms with Crippen LogP contribution < -0.4 is 4.90 Å². The Morgan fingerprint density at radius 2 is 2.09 bits per heavy atom. The number of rotatable bonds is 6. The first-order valence-corrected chi connectivity index (χ1v) is 8.07. The summed E-state index contributed by atoms with van der Waals surface area (Å²) in [6.45, 7) is 9.13. The quantitative estimate of drug-likeness (QED) is 0.738. The number of halogens is 1. The zero-order valence-electron chi connectivity index (χ0n) is 13.5. The van der Waals surface area contributed by atoms with Crippen LogP contribution in [0.15, 0.2) is 18.7 Å². The number of fused-ring (bicyclic) bond motifs is 1. The van der Waals surface area contributed by atoms with E-state index in [0.717, 1.165) is 30.7 Å². The molecule has 0 spiro atoms. The van der Waals surface area contributed by atoms with Crippen LogP contribution in [0, 0.1) is 0 Å². The fourth-order valence-electron chi connectivity index (χ4n) is 2.63. The fraction of sp³-hybridized carbons (Fsp3) is 0.500. The van der Waals surface area contributed by atoms with Gasteiger partial charge in [0, 0.05) is 20.1 Å². The van der Waals surface area contributed by atoms with E-state index in [0.29, 0.717) is 24.2 Å². The minimum Gasteiger partial charge on any atom is -0.308 e. The lowest BCUT2D eigenvalue weighted by atomic mass is 10.1. The molecule has 2 heterocycles. The van der Waals surface area contributed by atoms with Gasteiger partial charge in [0.2, 0.25) is 5.28 Å². The van der Waals surface area contributed by atoms with E-state index < -0.39 is 0 Å². The Kier molecular flexibility index (Phi) is 5.29. The lowest BCUT2D eigenvalue weighted by Gasteiger charge is -2.34. The monoisotopic (exact) mass is 322 g/mol. The van der Waals surface area contributed by atoms with E-state index in [-0.39, 0.29) is 6.03 Å². The number of carbonyl (C=O) groups excluding carboxylic acids is 1. The van der Waals surface area contributed by atoms with Crippen molar-refractivity contribution in [2.45, 2.75) is 39.7 Å². The van der Waals surface area contributed by atoms with E-state index in [1.807, 2.05) is 17.6 Å². The maximum absolute atomic E-state index is 12.7. The summed E-state index contributed by atoms with van der Waals surface area (Å²) in [7, 11) is 1.80. The van der Waals surface area contributed by atoms with Gasteiger partial charge in [0.1, 0.15) is 5.69 Å². The van der Waals surface area contributed by atoms with Crippen LogP contribution in [-0.4, -0.2) is 34.1 Å². The molecule has 0 aliphatic carbocycles. The molecular formula is C16H23ClN4O. The van der Waals surface area contributed by atoms with Crippen LogP contribution in [0.2, 0.25) is 5.28 Å². The highest BCUT2D eigenvalue weighted by atomic mass is 35.5. The van der Waals surface area contributed by atoms with E-state index in [9.17, 15) is 4.79 Å². The predicted octanol–water partition coefficient (Wildman–Crippen LogP) is 4.15. The summed E-state index contributed by atoms with van der Waals surface area (Å²) in [5.41, 5.74) is 1.75. The van der Waals surface area contributed by atoms with Gasteiger partial charge in [-0.2, -0.15) is 4.98 Å². The molecule has 120 valence electrons. The third kappa shape index (κ3) is 2.77. The molecule has 0 aromatic carbocycles. The number of urea groups is 1. The van der Waals surface area contributed by atoms with E-state index in [2.05, 4.69) is 18.5 Å². The van der Waals surface area contributed by atoms with E-state index in [4.69, 9.17) is 11.6 Å².